The second kappa shape index (κ2) is 6.72. The highest BCUT2D eigenvalue weighted by Crippen LogP contribution is 2.19. The largest absolute Gasteiger partial charge is 0.335 e. The van der Waals surface area contributed by atoms with Gasteiger partial charge in [-0.2, -0.15) is 0 Å². The summed E-state index contributed by atoms with van der Waals surface area (Å²) in [7, 11) is 0. The number of thiophene rings is 1. The normalized spacial score (nSPS) is 12.1. The lowest BCUT2D eigenvalue weighted by Gasteiger charge is -2.14. The number of carbonyl (C=O) groups is 1. The topological polar surface area (TPSA) is 59.0 Å². The maximum absolute atomic E-state index is 11.7. The maximum Gasteiger partial charge on any atom is 0.315 e. The minimum atomic E-state index is -0.155. The molecule has 19 heavy (non-hydrogen) atoms. The van der Waals surface area contributed by atoms with E-state index in [9.17, 15) is 4.79 Å². The van der Waals surface area contributed by atoms with Crippen LogP contribution in [0.5, 0.6) is 0 Å². The summed E-state index contributed by atoms with van der Waals surface area (Å²) in [6.45, 7) is 3.21. The lowest BCUT2D eigenvalue weighted by molar-refractivity contribution is 0.236. The van der Waals surface area contributed by atoms with Gasteiger partial charge in [-0.1, -0.05) is 0 Å². The molecule has 5 nitrogen and oxygen atoms in total. The summed E-state index contributed by atoms with van der Waals surface area (Å²) in [4.78, 5) is 16.8. The standard InChI is InChI=1S/C12H15BrN4OS/c1-9(6-17-3-2-14-8-17)16-12(18)15-5-11-4-10(13)7-19-11/h2-4,7-9H,5-6H2,1H3,(H2,15,16,18). The van der Waals surface area contributed by atoms with Crippen LogP contribution in [0.2, 0.25) is 0 Å². The van der Waals surface area contributed by atoms with Crippen molar-refractivity contribution in [3.05, 3.63) is 39.5 Å². The highest BCUT2D eigenvalue weighted by atomic mass is 79.9. The van der Waals surface area contributed by atoms with Crippen LogP contribution in [0.4, 0.5) is 4.79 Å². The van der Waals surface area contributed by atoms with Crippen LogP contribution in [0, 0.1) is 0 Å². The van der Waals surface area contributed by atoms with E-state index in [0.29, 0.717) is 13.1 Å². The lowest BCUT2D eigenvalue weighted by Crippen LogP contribution is -2.42. The van der Waals surface area contributed by atoms with Crippen LogP contribution < -0.4 is 10.6 Å². The number of urea groups is 1. The van der Waals surface area contributed by atoms with Crippen molar-refractivity contribution in [2.45, 2.75) is 26.1 Å². The van der Waals surface area contributed by atoms with Crippen molar-refractivity contribution in [2.75, 3.05) is 0 Å². The highest BCUT2D eigenvalue weighted by Gasteiger charge is 2.07. The predicted molar refractivity (Wildman–Crippen MR) is 79.1 cm³/mol. The Kier molecular flexibility index (Phi) is 4.98. The Morgan fingerprint density at radius 2 is 2.47 bits per heavy atom. The van der Waals surface area contributed by atoms with Crippen LogP contribution in [0.3, 0.4) is 0 Å². The first-order chi connectivity index (χ1) is 9.13. The van der Waals surface area contributed by atoms with Gasteiger partial charge in [0.2, 0.25) is 0 Å². The monoisotopic (exact) mass is 342 g/mol. The second-order valence-electron chi connectivity index (χ2n) is 4.22. The van der Waals surface area contributed by atoms with Crippen molar-refractivity contribution in [3.8, 4) is 0 Å². The van der Waals surface area contributed by atoms with E-state index >= 15 is 0 Å². The SMILES string of the molecule is CC(Cn1ccnc1)NC(=O)NCc1cc(Br)cs1. The molecule has 0 aliphatic heterocycles. The molecule has 102 valence electrons. The Morgan fingerprint density at radius 1 is 1.63 bits per heavy atom. The predicted octanol–water partition coefficient (Wildman–Crippen LogP) is 2.60. The summed E-state index contributed by atoms with van der Waals surface area (Å²) >= 11 is 5.00. The molecule has 1 unspecified atom stereocenters. The molecule has 0 aromatic carbocycles. The number of rotatable bonds is 5. The molecule has 2 N–H and O–H groups in total. The van der Waals surface area contributed by atoms with Gasteiger partial charge in [-0.25, -0.2) is 9.78 Å². The molecular formula is C12H15BrN4OS. The van der Waals surface area contributed by atoms with Gasteiger partial charge in [-0.05, 0) is 28.9 Å². The third-order valence-electron chi connectivity index (χ3n) is 2.47. The van der Waals surface area contributed by atoms with Gasteiger partial charge in [0.15, 0.2) is 0 Å². The third kappa shape index (κ3) is 4.68. The molecule has 0 radical (unpaired) electrons. The molecule has 2 heterocycles. The number of halogens is 1. The van der Waals surface area contributed by atoms with Gasteiger partial charge in [-0.3, -0.25) is 0 Å². The molecule has 2 rings (SSSR count). The summed E-state index contributed by atoms with van der Waals surface area (Å²) in [6, 6.07) is 1.89. The van der Waals surface area contributed by atoms with E-state index in [1.807, 2.05) is 29.1 Å². The smallest absolute Gasteiger partial charge is 0.315 e. The van der Waals surface area contributed by atoms with E-state index in [-0.39, 0.29) is 12.1 Å². The van der Waals surface area contributed by atoms with Gasteiger partial charge < -0.3 is 15.2 Å². The Morgan fingerprint density at radius 3 is 3.11 bits per heavy atom. The molecule has 2 aromatic heterocycles. The van der Waals surface area contributed by atoms with Crippen LogP contribution in [0.25, 0.3) is 0 Å². The Labute approximate surface area is 124 Å². The Balaban J connectivity index is 1.71. The zero-order chi connectivity index (χ0) is 13.7. The molecule has 0 bridgehead atoms. The first-order valence-corrected chi connectivity index (χ1v) is 7.54. The number of hydrogen-bond donors (Lipinski definition) is 2. The van der Waals surface area contributed by atoms with E-state index in [4.69, 9.17) is 0 Å². The first kappa shape index (κ1) is 14.1. The number of amides is 2. The quantitative estimate of drug-likeness (QED) is 0.877. The fourth-order valence-corrected chi connectivity index (χ4v) is 3.04. The average Bonchev–Trinajstić information content (AvgIpc) is 2.98. The number of carbonyl (C=O) groups excluding carboxylic acids is 1. The second-order valence-corrected chi connectivity index (χ2v) is 6.13. The molecule has 0 spiro atoms. The molecule has 1 atom stereocenters. The van der Waals surface area contributed by atoms with E-state index in [1.165, 1.54) is 0 Å². The lowest BCUT2D eigenvalue weighted by atomic mass is 10.3. The van der Waals surface area contributed by atoms with Gasteiger partial charge in [0.1, 0.15) is 0 Å². The van der Waals surface area contributed by atoms with Crippen LogP contribution in [-0.4, -0.2) is 21.6 Å². The van der Waals surface area contributed by atoms with Crippen molar-refractivity contribution < 1.29 is 4.79 Å². The molecule has 0 saturated heterocycles. The van der Waals surface area contributed by atoms with Crippen molar-refractivity contribution >= 4 is 33.3 Å². The molecule has 2 aromatic rings. The minimum absolute atomic E-state index is 0.0456. The third-order valence-corrected chi connectivity index (χ3v) is 4.16. The van der Waals surface area contributed by atoms with E-state index in [0.717, 1.165) is 9.35 Å². The van der Waals surface area contributed by atoms with Crippen molar-refractivity contribution in [2.24, 2.45) is 0 Å². The van der Waals surface area contributed by atoms with Gasteiger partial charge in [0.05, 0.1) is 12.9 Å². The van der Waals surface area contributed by atoms with E-state index < -0.39 is 0 Å². The van der Waals surface area contributed by atoms with Gasteiger partial charge in [-0.15, -0.1) is 11.3 Å². The van der Waals surface area contributed by atoms with Crippen molar-refractivity contribution in [3.63, 3.8) is 0 Å². The first-order valence-electron chi connectivity index (χ1n) is 5.86. The molecular weight excluding hydrogens is 328 g/mol. The zero-order valence-corrected chi connectivity index (χ0v) is 12.9. The number of nitrogens with zero attached hydrogens (tertiary/aromatic N) is 2. The summed E-state index contributed by atoms with van der Waals surface area (Å²) < 4.78 is 2.98. The van der Waals surface area contributed by atoms with Crippen LogP contribution in [-0.2, 0) is 13.1 Å². The maximum atomic E-state index is 11.7. The molecule has 0 aliphatic rings. The van der Waals surface area contributed by atoms with Crippen LogP contribution in [0.1, 0.15) is 11.8 Å². The number of imidazole rings is 1. The average molecular weight is 343 g/mol. The summed E-state index contributed by atoms with van der Waals surface area (Å²) in [5.41, 5.74) is 0. The highest BCUT2D eigenvalue weighted by molar-refractivity contribution is 9.10. The molecule has 2 amide bonds. The van der Waals surface area contributed by atoms with E-state index in [2.05, 4.69) is 31.5 Å². The molecule has 7 heteroatoms. The molecule has 0 fully saturated rings. The summed E-state index contributed by atoms with van der Waals surface area (Å²) in [6.07, 6.45) is 5.33. The van der Waals surface area contributed by atoms with Crippen LogP contribution in [0.15, 0.2) is 34.6 Å². The number of hydrogen-bond acceptors (Lipinski definition) is 3. The van der Waals surface area contributed by atoms with Crippen molar-refractivity contribution in [1.82, 2.24) is 20.2 Å². The molecule has 0 aliphatic carbocycles. The number of nitrogens with one attached hydrogen (secondary N) is 2. The minimum Gasteiger partial charge on any atom is -0.335 e. The Bertz CT molecular complexity index is 526. The summed E-state index contributed by atoms with van der Waals surface area (Å²) in [5.74, 6) is 0. The van der Waals surface area contributed by atoms with Gasteiger partial charge >= 0.3 is 6.03 Å². The van der Waals surface area contributed by atoms with Crippen LogP contribution >= 0.6 is 27.3 Å². The zero-order valence-electron chi connectivity index (χ0n) is 10.5. The fourth-order valence-electron chi connectivity index (χ4n) is 1.65. The number of aromatic nitrogens is 2. The van der Waals surface area contributed by atoms with E-state index in [1.54, 1.807) is 23.9 Å². The summed E-state index contributed by atoms with van der Waals surface area (Å²) in [5, 5.41) is 7.72. The van der Waals surface area contributed by atoms with Gasteiger partial charge in [0.25, 0.3) is 0 Å². The fraction of sp³-hybridized carbons (Fsp3) is 0.333. The van der Waals surface area contributed by atoms with Gasteiger partial charge in [0, 0.05) is 39.7 Å². The molecule has 0 saturated carbocycles. The van der Waals surface area contributed by atoms with Crippen molar-refractivity contribution in [1.29, 1.82) is 0 Å². The Hall–Kier alpha value is -1.34.